The fourth-order valence-corrected chi connectivity index (χ4v) is 2.34. The van der Waals surface area contributed by atoms with E-state index in [1.807, 2.05) is 6.92 Å². The molecule has 1 aromatic rings. The molecule has 15 heavy (non-hydrogen) atoms. The van der Waals surface area contributed by atoms with Crippen molar-refractivity contribution in [3.63, 3.8) is 0 Å². The molecule has 3 heteroatoms. The SMILES string of the molecule is COc1cc(O)cc(C)c1C1(N)CCC1. The summed E-state index contributed by atoms with van der Waals surface area (Å²) in [6.07, 6.45) is 3.16. The molecule has 0 radical (unpaired) electrons. The predicted octanol–water partition coefficient (Wildman–Crippen LogP) is 2.05. The minimum absolute atomic E-state index is 0.232. The molecule has 0 aliphatic heterocycles. The molecule has 0 heterocycles. The van der Waals surface area contributed by atoms with E-state index < -0.39 is 0 Å². The number of phenols is 1. The molecule has 82 valence electrons. The molecule has 1 fully saturated rings. The molecule has 1 saturated carbocycles. The van der Waals surface area contributed by atoms with Gasteiger partial charge >= 0.3 is 0 Å². The van der Waals surface area contributed by atoms with E-state index in [1.165, 1.54) is 6.42 Å². The van der Waals surface area contributed by atoms with Crippen LogP contribution in [0.4, 0.5) is 0 Å². The first-order chi connectivity index (χ1) is 7.07. The lowest BCUT2D eigenvalue weighted by Crippen LogP contribution is -2.44. The molecule has 1 aliphatic rings. The maximum Gasteiger partial charge on any atom is 0.127 e. The summed E-state index contributed by atoms with van der Waals surface area (Å²) >= 11 is 0. The number of hydrogen-bond donors (Lipinski definition) is 2. The molecule has 1 aliphatic carbocycles. The second kappa shape index (κ2) is 3.42. The van der Waals surface area contributed by atoms with Gasteiger partial charge in [-0.1, -0.05) is 0 Å². The van der Waals surface area contributed by atoms with E-state index in [0.29, 0.717) is 5.75 Å². The van der Waals surface area contributed by atoms with Crippen LogP contribution in [0.3, 0.4) is 0 Å². The second-order valence-electron chi connectivity index (χ2n) is 4.35. The lowest BCUT2D eigenvalue weighted by molar-refractivity contribution is 0.242. The molecule has 0 amide bonds. The topological polar surface area (TPSA) is 55.5 Å². The first-order valence-corrected chi connectivity index (χ1v) is 5.24. The number of hydrogen-bond acceptors (Lipinski definition) is 3. The van der Waals surface area contributed by atoms with Crippen molar-refractivity contribution in [2.75, 3.05) is 7.11 Å². The van der Waals surface area contributed by atoms with E-state index in [-0.39, 0.29) is 11.3 Å². The molecule has 1 aromatic carbocycles. The number of benzene rings is 1. The van der Waals surface area contributed by atoms with Gasteiger partial charge in [0.05, 0.1) is 7.11 Å². The third kappa shape index (κ3) is 1.57. The van der Waals surface area contributed by atoms with E-state index in [9.17, 15) is 5.11 Å². The van der Waals surface area contributed by atoms with Crippen LogP contribution in [-0.2, 0) is 5.54 Å². The quantitative estimate of drug-likeness (QED) is 0.780. The van der Waals surface area contributed by atoms with Gasteiger partial charge in [0.15, 0.2) is 0 Å². The van der Waals surface area contributed by atoms with Crippen molar-refractivity contribution >= 4 is 0 Å². The summed E-state index contributed by atoms with van der Waals surface area (Å²) in [5, 5.41) is 9.49. The van der Waals surface area contributed by atoms with Crippen LogP contribution in [0.15, 0.2) is 12.1 Å². The zero-order chi connectivity index (χ0) is 11.1. The lowest BCUT2D eigenvalue weighted by Gasteiger charge is -2.40. The van der Waals surface area contributed by atoms with Gasteiger partial charge in [0.25, 0.3) is 0 Å². The van der Waals surface area contributed by atoms with E-state index in [0.717, 1.165) is 24.0 Å². The van der Waals surface area contributed by atoms with Crippen molar-refractivity contribution in [1.29, 1.82) is 0 Å². The van der Waals surface area contributed by atoms with Crippen LogP contribution in [-0.4, -0.2) is 12.2 Å². The van der Waals surface area contributed by atoms with Crippen LogP contribution in [0, 0.1) is 6.92 Å². The summed E-state index contributed by atoms with van der Waals surface area (Å²) in [7, 11) is 1.61. The van der Waals surface area contributed by atoms with Gasteiger partial charge < -0.3 is 15.6 Å². The Kier molecular flexibility index (Phi) is 2.35. The van der Waals surface area contributed by atoms with Crippen LogP contribution in [0.1, 0.15) is 30.4 Å². The average molecular weight is 207 g/mol. The maximum atomic E-state index is 9.49. The smallest absolute Gasteiger partial charge is 0.127 e. The molecule has 2 rings (SSSR count). The van der Waals surface area contributed by atoms with Gasteiger partial charge in [-0.25, -0.2) is 0 Å². The Morgan fingerprint density at radius 1 is 1.40 bits per heavy atom. The van der Waals surface area contributed by atoms with Crippen molar-refractivity contribution in [3.8, 4) is 11.5 Å². The van der Waals surface area contributed by atoms with Gasteiger partial charge in [0, 0.05) is 17.2 Å². The molecular weight excluding hydrogens is 190 g/mol. The number of methoxy groups -OCH3 is 1. The summed E-state index contributed by atoms with van der Waals surface area (Å²) in [4.78, 5) is 0. The number of phenolic OH excluding ortho intramolecular Hbond substituents is 1. The zero-order valence-electron chi connectivity index (χ0n) is 9.21. The van der Waals surface area contributed by atoms with E-state index in [1.54, 1.807) is 19.2 Å². The van der Waals surface area contributed by atoms with E-state index in [4.69, 9.17) is 10.5 Å². The Bertz CT molecular complexity index is 383. The van der Waals surface area contributed by atoms with Gasteiger partial charge in [-0.3, -0.25) is 0 Å². The van der Waals surface area contributed by atoms with Crippen LogP contribution in [0.2, 0.25) is 0 Å². The van der Waals surface area contributed by atoms with Crippen LogP contribution in [0.5, 0.6) is 11.5 Å². The summed E-state index contributed by atoms with van der Waals surface area (Å²) in [5.41, 5.74) is 8.10. The largest absolute Gasteiger partial charge is 0.508 e. The molecule has 0 spiro atoms. The number of aromatic hydroxyl groups is 1. The highest BCUT2D eigenvalue weighted by molar-refractivity contribution is 5.50. The van der Waals surface area contributed by atoms with Crippen LogP contribution in [0.25, 0.3) is 0 Å². The molecule has 3 nitrogen and oxygen atoms in total. The normalized spacial score (nSPS) is 18.3. The van der Waals surface area contributed by atoms with Crippen molar-refractivity contribution in [3.05, 3.63) is 23.3 Å². The second-order valence-corrected chi connectivity index (χ2v) is 4.35. The molecular formula is C12H17NO2. The van der Waals surface area contributed by atoms with Crippen LogP contribution >= 0.6 is 0 Å². The number of ether oxygens (including phenoxy) is 1. The fraction of sp³-hybridized carbons (Fsp3) is 0.500. The Balaban J connectivity index is 2.53. The predicted molar refractivity (Wildman–Crippen MR) is 59.1 cm³/mol. The first kappa shape index (κ1) is 10.3. The third-order valence-corrected chi connectivity index (χ3v) is 3.25. The van der Waals surface area contributed by atoms with Gasteiger partial charge in [0.1, 0.15) is 11.5 Å². The first-order valence-electron chi connectivity index (χ1n) is 5.24. The Morgan fingerprint density at radius 3 is 2.53 bits per heavy atom. The lowest BCUT2D eigenvalue weighted by atomic mass is 9.71. The van der Waals surface area contributed by atoms with Crippen molar-refractivity contribution in [2.45, 2.75) is 31.7 Å². The van der Waals surface area contributed by atoms with E-state index in [2.05, 4.69) is 0 Å². The van der Waals surface area contributed by atoms with Gasteiger partial charge in [0.2, 0.25) is 0 Å². The molecule has 0 bridgehead atoms. The number of aryl methyl sites for hydroxylation is 1. The maximum absolute atomic E-state index is 9.49. The number of rotatable bonds is 2. The van der Waals surface area contributed by atoms with Crippen molar-refractivity contribution in [2.24, 2.45) is 5.73 Å². The van der Waals surface area contributed by atoms with Crippen molar-refractivity contribution < 1.29 is 9.84 Å². The van der Waals surface area contributed by atoms with Gasteiger partial charge in [-0.2, -0.15) is 0 Å². The number of nitrogens with two attached hydrogens (primary N) is 1. The highest BCUT2D eigenvalue weighted by Crippen LogP contribution is 2.45. The Morgan fingerprint density at radius 2 is 2.07 bits per heavy atom. The molecule has 0 aromatic heterocycles. The highest BCUT2D eigenvalue weighted by atomic mass is 16.5. The van der Waals surface area contributed by atoms with E-state index >= 15 is 0 Å². The van der Waals surface area contributed by atoms with Crippen molar-refractivity contribution in [1.82, 2.24) is 0 Å². The van der Waals surface area contributed by atoms with Crippen LogP contribution < -0.4 is 10.5 Å². The third-order valence-electron chi connectivity index (χ3n) is 3.25. The monoisotopic (exact) mass is 207 g/mol. The summed E-state index contributed by atoms with van der Waals surface area (Å²) in [5.74, 6) is 0.936. The van der Waals surface area contributed by atoms with Gasteiger partial charge in [-0.05, 0) is 37.8 Å². The Labute approximate surface area is 89.9 Å². The summed E-state index contributed by atoms with van der Waals surface area (Å²) in [6, 6.07) is 3.38. The fourth-order valence-electron chi connectivity index (χ4n) is 2.34. The molecule has 0 saturated heterocycles. The zero-order valence-corrected chi connectivity index (χ0v) is 9.21. The highest BCUT2D eigenvalue weighted by Gasteiger charge is 2.38. The standard InChI is InChI=1S/C12H17NO2/c1-8-6-9(14)7-10(15-2)11(8)12(13)4-3-5-12/h6-7,14H,3-5,13H2,1-2H3. The molecule has 3 N–H and O–H groups in total. The summed E-state index contributed by atoms with van der Waals surface area (Å²) in [6.45, 7) is 1.96. The summed E-state index contributed by atoms with van der Waals surface area (Å²) < 4.78 is 5.29. The Hall–Kier alpha value is -1.22. The minimum atomic E-state index is -0.247. The molecule has 0 atom stereocenters. The van der Waals surface area contributed by atoms with Gasteiger partial charge in [-0.15, -0.1) is 0 Å². The average Bonchev–Trinajstić information content (AvgIpc) is 2.13. The minimum Gasteiger partial charge on any atom is -0.508 e. The molecule has 0 unspecified atom stereocenters.